The van der Waals surface area contributed by atoms with Gasteiger partial charge in [-0.05, 0) is 50.1 Å². The van der Waals surface area contributed by atoms with E-state index in [0.717, 1.165) is 51.6 Å². The van der Waals surface area contributed by atoms with E-state index in [0.29, 0.717) is 17.5 Å². The van der Waals surface area contributed by atoms with Crippen LogP contribution < -0.4 is 10.1 Å². The van der Waals surface area contributed by atoms with E-state index in [-0.39, 0.29) is 11.7 Å². The number of hydrogen-bond donors (Lipinski definition) is 2. The molecule has 1 amide bonds. The number of aromatic nitrogens is 4. The van der Waals surface area contributed by atoms with Crippen molar-refractivity contribution in [3.05, 3.63) is 84.6 Å². The molecule has 0 atom stereocenters. The zero-order valence-electron chi connectivity index (χ0n) is 19.8. The van der Waals surface area contributed by atoms with Crippen molar-refractivity contribution >= 4 is 34.3 Å². The molecule has 6 rings (SSSR count). The zero-order chi connectivity index (χ0) is 24.5. The smallest absolute Gasteiger partial charge is 0.234 e. The molecule has 0 aliphatic heterocycles. The molecule has 0 saturated heterocycles. The van der Waals surface area contributed by atoms with Crippen LogP contribution in [0.4, 0.5) is 5.69 Å². The van der Waals surface area contributed by atoms with E-state index in [1.54, 1.807) is 0 Å². The average molecular weight is 496 g/mol. The molecule has 1 fully saturated rings. The van der Waals surface area contributed by atoms with Crippen LogP contribution in [0.15, 0.2) is 84.1 Å². The molecule has 0 spiro atoms. The minimum atomic E-state index is -0.126. The fraction of sp³-hybridized carbons (Fsp3) is 0.179. The molecule has 1 saturated carbocycles. The fourth-order valence-corrected chi connectivity index (χ4v) is 4.99. The maximum Gasteiger partial charge on any atom is 0.234 e. The van der Waals surface area contributed by atoms with Crippen LogP contribution in [0.25, 0.3) is 22.3 Å². The Labute approximate surface area is 212 Å². The molecule has 3 aromatic carbocycles. The van der Waals surface area contributed by atoms with E-state index in [1.165, 1.54) is 11.8 Å². The zero-order valence-corrected chi connectivity index (χ0v) is 20.6. The van der Waals surface area contributed by atoms with Crippen LogP contribution in [-0.2, 0) is 4.79 Å². The second kappa shape index (κ2) is 9.54. The summed E-state index contributed by atoms with van der Waals surface area (Å²) < 4.78 is 8.20. The number of benzene rings is 3. The Balaban J connectivity index is 1.17. The molecule has 2 aromatic heterocycles. The van der Waals surface area contributed by atoms with Crippen molar-refractivity contribution < 1.29 is 9.53 Å². The summed E-state index contributed by atoms with van der Waals surface area (Å²) in [4.78, 5) is 16.2. The molecule has 0 unspecified atom stereocenters. The van der Waals surface area contributed by atoms with Gasteiger partial charge in [-0.2, -0.15) is 0 Å². The molecular formula is C28H25N5O2S. The average Bonchev–Trinajstić information content (AvgIpc) is 3.50. The van der Waals surface area contributed by atoms with E-state index >= 15 is 0 Å². The molecule has 1 aliphatic rings. The predicted molar refractivity (Wildman–Crippen MR) is 143 cm³/mol. The number of rotatable bonds is 8. The number of amides is 1. The van der Waals surface area contributed by atoms with Crippen LogP contribution in [-0.4, -0.2) is 31.4 Å². The fourth-order valence-electron chi connectivity index (χ4n) is 4.19. The van der Waals surface area contributed by atoms with Gasteiger partial charge in [0, 0.05) is 28.7 Å². The van der Waals surface area contributed by atoms with Gasteiger partial charge in [0.25, 0.3) is 0 Å². The monoisotopic (exact) mass is 495 g/mol. The lowest BCUT2D eigenvalue weighted by molar-refractivity contribution is -0.113. The van der Waals surface area contributed by atoms with Crippen molar-refractivity contribution in [1.29, 1.82) is 0 Å². The number of para-hydroxylation sites is 3. The maximum atomic E-state index is 12.9. The summed E-state index contributed by atoms with van der Waals surface area (Å²) in [6.07, 6.45) is 4.17. The Morgan fingerprint density at radius 3 is 2.67 bits per heavy atom. The minimum Gasteiger partial charge on any atom is -0.455 e. The lowest BCUT2D eigenvalue weighted by Gasteiger charge is -2.12. The van der Waals surface area contributed by atoms with Gasteiger partial charge in [-0.15, -0.1) is 10.2 Å². The van der Waals surface area contributed by atoms with Gasteiger partial charge in [0.1, 0.15) is 5.75 Å². The summed E-state index contributed by atoms with van der Waals surface area (Å²) in [6.45, 7) is 2.03. The molecule has 2 N–H and O–H groups in total. The van der Waals surface area contributed by atoms with Gasteiger partial charge in [-0.1, -0.05) is 59.8 Å². The third-order valence-electron chi connectivity index (χ3n) is 6.15. The molecule has 5 aromatic rings. The third-order valence-corrected chi connectivity index (χ3v) is 7.09. The van der Waals surface area contributed by atoms with Gasteiger partial charge in [0.15, 0.2) is 16.7 Å². The van der Waals surface area contributed by atoms with Gasteiger partial charge in [0.2, 0.25) is 5.91 Å². The minimum absolute atomic E-state index is 0.126. The molecule has 2 heterocycles. The van der Waals surface area contributed by atoms with Crippen LogP contribution in [0.2, 0.25) is 0 Å². The Morgan fingerprint density at radius 1 is 1.06 bits per heavy atom. The van der Waals surface area contributed by atoms with E-state index < -0.39 is 0 Å². The van der Waals surface area contributed by atoms with E-state index in [4.69, 9.17) is 4.74 Å². The van der Waals surface area contributed by atoms with Crippen molar-refractivity contribution in [1.82, 2.24) is 19.7 Å². The number of carbonyl (C=O) groups is 1. The van der Waals surface area contributed by atoms with Crippen molar-refractivity contribution in [2.75, 3.05) is 11.1 Å². The topological polar surface area (TPSA) is 84.8 Å². The van der Waals surface area contributed by atoms with Crippen LogP contribution >= 0.6 is 11.8 Å². The molecule has 8 heteroatoms. The van der Waals surface area contributed by atoms with Crippen molar-refractivity contribution in [3.8, 4) is 22.9 Å². The largest absolute Gasteiger partial charge is 0.455 e. The Kier molecular flexibility index (Phi) is 5.95. The number of nitrogens with zero attached hydrogens (tertiary/aromatic N) is 3. The SMILES string of the molecule is Cc1ccc(Oc2ccccc2NC(=O)CSc2nnc(-c3c[nH]c4ccccc34)n2C2CC2)cc1. The summed E-state index contributed by atoms with van der Waals surface area (Å²) >= 11 is 1.40. The molecule has 0 bridgehead atoms. The van der Waals surface area contributed by atoms with Crippen LogP contribution in [0, 0.1) is 6.92 Å². The standard InChI is InChI=1S/C28H25N5O2S/c1-18-10-14-20(15-11-18)35-25-9-5-4-8-24(25)30-26(34)17-36-28-32-31-27(33(28)19-12-13-19)22-16-29-23-7-3-2-6-21(22)23/h2-11,14-16,19,29H,12-13,17H2,1H3,(H,30,34). The lowest BCUT2D eigenvalue weighted by Crippen LogP contribution is -2.15. The number of aryl methyl sites for hydroxylation is 1. The molecule has 180 valence electrons. The quantitative estimate of drug-likeness (QED) is 0.237. The highest BCUT2D eigenvalue weighted by atomic mass is 32.2. The number of ether oxygens (including phenoxy) is 1. The second-order valence-corrected chi connectivity index (χ2v) is 9.85. The van der Waals surface area contributed by atoms with E-state index in [9.17, 15) is 4.79 Å². The summed E-state index contributed by atoms with van der Waals surface area (Å²) in [5, 5.41) is 13.8. The first-order chi connectivity index (χ1) is 17.7. The summed E-state index contributed by atoms with van der Waals surface area (Å²) in [6, 6.07) is 23.8. The normalized spacial score (nSPS) is 13.1. The highest BCUT2D eigenvalue weighted by molar-refractivity contribution is 7.99. The number of hydrogen-bond acceptors (Lipinski definition) is 5. The molecular weight excluding hydrogens is 470 g/mol. The number of H-pyrrole nitrogens is 1. The van der Waals surface area contributed by atoms with Gasteiger partial charge in [0.05, 0.1) is 11.4 Å². The first-order valence-corrected chi connectivity index (χ1v) is 12.9. The summed E-state index contributed by atoms with van der Waals surface area (Å²) in [5.41, 5.74) is 3.89. The van der Waals surface area contributed by atoms with Crippen LogP contribution in [0.3, 0.4) is 0 Å². The molecule has 0 radical (unpaired) electrons. The lowest BCUT2D eigenvalue weighted by atomic mass is 10.1. The predicted octanol–water partition coefficient (Wildman–Crippen LogP) is 6.59. The highest BCUT2D eigenvalue weighted by Gasteiger charge is 2.31. The van der Waals surface area contributed by atoms with Crippen LogP contribution in [0.1, 0.15) is 24.4 Å². The number of nitrogens with one attached hydrogen (secondary N) is 2. The molecule has 36 heavy (non-hydrogen) atoms. The number of carbonyl (C=O) groups excluding carboxylic acids is 1. The van der Waals surface area contributed by atoms with Crippen molar-refractivity contribution in [2.24, 2.45) is 0 Å². The Hall–Kier alpha value is -4.04. The number of fused-ring (bicyclic) bond motifs is 1. The summed E-state index contributed by atoms with van der Waals surface area (Å²) in [7, 11) is 0. The van der Waals surface area contributed by atoms with E-state index in [2.05, 4.69) is 37.2 Å². The van der Waals surface area contributed by atoms with Crippen LogP contribution in [0.5, 0.6) is 11.5 Å². The highest BCUT2D eigenvalue weighted by Crippen LogP contribution is 2.42. The Morgan fingerprint density at radius 2 is 1.83 bits per heavy atom. The first-order valence-electron chi connectivity index (χ1n) is 11.9. The molecule has 7 nitrogen and oxygen atoms in total. The number of aromatic amines is 1. The van der Waals surface area contributed by atoms with Gasteiger partial charge in [-0.3, -0.25) is 9.36 Å². The number of thioether (sulfide) groups is 1. The number of anilines is 1. The van der Waals surface area contributed by atoms with Gasteiger partial charge in [-0.25, -0.2) is 0 Å². The first kappa shape index (κ1) is 22.4. The van der Waals surface area contributed by atoms with E-state index in [1.807, 2.05) is 73.8 Å². The van der Waals surface area contributed by atoms with Gasteiger partial charge >= 0.3 is 0 Å². The van der Waals surface area contributed by atoms with Gasteiger partial charge < -0.3 is 15.0 Å². The second-order valence-electron chi connectivity index (χ2n) is 8.90. The summed E-state index contributed by atoms with van der Waals surface area (Å²) in [5.74, 6) is 2.26. The third kappa shape index (κ3) is 4.59. The van der Waals surface area contributed by atoms with Crippen molar-refractivity contribution in [3.63, 3.8) is 0 Å². The van der Waals surface area contributed by atoms with Crippen molar-refractivity contribution in [2.45, 2.75) is 31.0 Å². The Bertz CT molecular complexity index is 1540. The maximum absolute atomic E-state index is 12.9. The molecule has 1 aliphatic carbocycles.